The normalized spacial score (nSPS) is 14.0. The Balaban J connectivity index is 0.00000323. The average Bonchev–Trinajstić information content (AvgIpc) is 4.36. The quantitative estimate of drug-likeness (QED) is 0.0274. The first-order chi connectivity index (χ1) is 40.2. The number of aliphatic hydroxyl groups excluding tert-OH is 1. The van der Waals surface area contributed by atoms with Gasteiger partial charge in [0.15, 0.2) is 11.5 Å². The average molecular weight is 1150 g/mol. The van der Waals surface area contributed by atoms with Gasteiger partial charge in [-0.1, -0.05) is 36.0 Å². The smallest absolute Gasteiger partial charge is 0.344 e. The third-order valence-corrected chi connectivity index (χ3v) is 12.5. The van der Waals surface area contributed by atoms with Crippen molar-refractivity contribution in [2.24, 2.45) is 15.0 Å². The number of ether oxygens (including phenoxy) is 2. The van der Waals surface area contributed by atoms with Crippen molar-refractivity contribution >= 4 is 111 Å². The molecule has 5 aromatic rings. The molecule has 3 aliphatic rings. The number of carbonyl (C=O) groups excluding carboxylic acids is 7. The van der Waals surface area contributed by atoms with Gasteiger partial charge in [-0.05, 0) is 110 Å². The molecule has 0 fully saturated rings. The fourth-order valence-corrected chi connectivity index (χ4v) is 8.80. The number of phenols is 1. The number of carboxylic acid groups (broad SMARTS) is 1. The molecule has 0 aliphatic carbocycles. The van der Waals surface area contributed by atoms with E-state index in [1.165, 1.54) is 30.3 Å². The molecule has 3 aliphatic heterocycles. The molecule has 8 rings (SSSR count). The van der Waals surface area contributed by atoms with Crippen LogP contribution in [0.5, 0.6) is 11.5 Å². The Morgan fingerprint density at radius 2 is 1.19 bits per heavy atom. The summed E-state index contributed by atoms with van der Waals surface area (Å²) in [5.74, 6) is -2.43. The van der Waals surface area contributed by atoms with E-state index in [0.717, 1.165) is 47.6 Å². The van der Waals surface area contributed by atoms with Gasteiger partial charge in [0.05, 0.1) is 56.5 Å². The summed E-state index contributed by atoms with van der Waals surface area (Å²) in [7, 11) is 0. The van der Waals surface area contributed by atoms with Gasteiger partial charge in [0.1, 0.15) is 34.7 Å². The van der Waals surface area contributed by atoms with Crippen LogP contribution in [0.1, 0.15) is 34.0 Å². The van der Waals surface area contributed by atoms with Gasteiger partial charge in [-0.3, -0.25) is 34.0 Å². The standard InChI is InChI=1S/C55H55N13O11S.CH2O2/c1-2-78-53(75)47-48(73)43(80-52(47)64-36-6-4-3-5-7-36)25-32-8-17-42(41(69)24-32)79-23-22-56-44(70)29-61-45(71)30-62-46(72)31-63-51(74)35-26-39(67-54(76)65-37-13-9-33(10-14-37)49-57-18-19-58-49)28-40(27-35)68-55(77)66-38-15-11-34(12-16-38)50-59-20-21-60-50;2-1-3/h3-17,24-28,69,73H,2,18-23,29-31H2,1H3,(H,56,70)(H,57,58)(H,59,60)(H,61,71)(H,62,72)(H,63,74)(H2,65,67,76)(H2,66,68,77);1H,(H,2,3)/b43-25-,64-52?;. The van der Waals surface area contributed by atoms with Crippen LogP contribution in [0.15, 0.2) is 146 Å². The minimum atomic E-state index is -0.755. The molecule has 26 nitrogen and oxygen atoms in total. The van der Waals surface area contributed by atoms with E-state index in [4.69, 9.17) is 19.4 Å². The summed E-state index contributed by atoms with van der Waals surface area (Å²) in [4.78, 5) is 112. The minimum Gasteiger partial charge on any atom is -0.506 e. The molecule has 0 radical (unpaired) electrons. The minimum absolute atomic E-state index is 0.00382. The molecule has 0 aromatic heterocycles. The molecule has 13 N–H and O–H groups in total. The van der Waals surface area contributed by atoms with E-state index in [1.807, 2.05) is 6.07 Å². The molecule has 0 spiro atoms. The molecule has 0 saturated heterocycles. The van der Waals surface area contributed by atoms with E-state index < -0.39 is 61.3 Å². The van der Waals surface area contributed by atoms with Crippen molar-refractivity contribution in [3.8, 4) is 11.5 Å². The predicted molar refractivity (Wildman–Crippen MR) is 312 cm³/mol. The fourth-order valence-electron chi connectivity index (χ4n) is 7.76. The molecule has 430 valence electrons. The zero-order valence-electron chi connectivity index (χ0n) is 44.4. The lowest BCUT2D eigenvalue weighted by Gasteiger charge is -2.14. The van der Waals surface area contributed by atoms with Crippen molar-refractivity contribution in [1.82, 2.24) is 31.9 Å². The van der Waals surface area contributed by atoms with E-state index >= 15 is 0 Å². The molecule has 0 saturated carbocycles. The highest BCUT2D eigenvalue weighted by atomic mass is 32.2. The Hall–Kier alpha value is -10.7. The maximum Gasteiger partial charge on any atom is 0.344 e. The van der Waals surface area contributed by atoms with E-state index in [2.05, 4.69) is 68.1 Å². The number of urea groups is 2. The number of nitrogens with one attached hydrogen (secondary N) is 10. The van der Waals surface area contributed by atoms with Crippen LogP contribution in [0, 0.1) is 0 Å². The maximum atomic E-state index is 13.4. The second-order valence-corrected chi connectivity index (χ2v) is 18.5. The predicted octanol–water partition coefficient (Wildman–Crippen LogP) is 4.43. The second kappa shape index (κ2) is 30.0. The van der Waals surface area contributed by atoms with Crippen LogP contribution in [0.3, 0.4) is 0 Å². The first kappa shape index (κ1) is 60.0. The molecule has 27 heteroatoms. The van der Waals surface area contributed by atoms with Crippen LogP contribution < -0.4 is 57.9 Å². The summed E-state index contributed by atoms with van der Waals surface area (Å²) >= 11 is 1.07. The van der Waals surface area contributed by atoms with Gasteiger partial charge in [-0.25, -0.2) is 19.4 Å². The number of amides is 8. The number of nitrogens with zero attached hydrogens (tertiary/aromatic N) is 3. The largest absolute Gasteiger partial charge is 0.506 e. The number of benzene rings is 5. The highest BCUT2D eigenvalue weighted by Crippen LogP contribution is 2.41. The number of carbonyl (C=O) groups is 8. The number of para-hydroxylation sites is 1. The summed E-state index contributed by atoms with van der Waals surface area (Å²) in [6.07, 6.45) is 1.57. The highest BCUT2D eigenvalue weighted by molar-refractivity contribution is 8.18. The number of amidine groups is 2. The second-order valence-electron chi connectivity index (χ2n) is 17.5. The van der Waals surface area contributed by atoms with Gasteiger partial charge in [0, 0.05) is 52.5 Å². The zero-order valence-corrected chi connectivity index (χ0v) is 45.2. The first-order valence-electron chi connectivity index (χ1n) is 25.5. The summed E-state index contributed by atoms with van der Waals surface area (Å²) in [5.41, 5.74) is 3.84. The molecule has 0 atom stereocenters. The topological polar surface area (TPSA) is 373 Å². The molecule has 3 heterocycles. The van der Waals surface area contributed by atoms with Crippen molar-refractivity contribution in [2.75, 3.05) is 86.8 Å². The van der Waals surface area contributed by atoms with Gasteiger partial charge in [-0.15, -0.1) is 0 Å². The van der Waals surface area contributed by atoms with Crippen LogP contribution in [0.25, 0.3) is 6.08 Å². The molecule has 5 aromatic carbocycles. The number of phenolic OH excluding ortho intramolecular Hbond substituents is 1. The molecule has 0 unspecified atom stereocenters. The number of thioether (sulfide) groups is 1. The molecule has 83 heavy (non-hydrogen) atoms. The summed E-state index contributed by atoms with van der Waals surface area (Å²) in [6.45, 7) is 2.74. The van der Waals surface area contributed by atoms with Gasteiger partial charge < -0.3 is 78.0 Å². The van der Waals surface area contributed by atoms with Crippen molar-refractivity contribution < 1.29 is 63.1 Å². The number of aliphatic imine (C=N–C) groups is 3. The Morgan fingerprint density at radius 1 is 0.663 bits per heavy atom. The number of anilines is 4. The van der Waals surface area contributed by atoms with Crippen LogP contribution in [0.4, 0.5) is 38.0 Å². The summed E-state index contributed by atoms with van der Waals surface area (Å²) in [5, 5.41) is 55.8. The lowest BCUT2D eigenvalue weighted by molar-refractivity contribution is -0.138. The molecular weight excluding hydrogens is 1090 g/mol. The maximum absolute atomic E-state index is 13.4. The number of hydrogen-bond donors (Lipinski definition) is 13. The number of rotatable bonds is 21. The van der Waals surface area contributed by atoms with Crippen LogP contribution in [-0.2, 0) is 28.7 Å². The number of aliphatic hydroxyl groups is 1. The molecule has 0 bridgehead atoms. The Labute approximate surface area is 478 Å². The zero-order chi connectivity index (χ0) is 59.1. The lowest BCUT2D eigenvalue weighted by Crippen LogP contribution is -2.44. The summed E-state index contributed by atoms with van der Waals surface area (Å²) < 4.78 is 10.8. The van der Waals surface area contributed by atoms with Crippen molar-refractivity contribution in [1.29, 1.82) is 0 Å². The van der Waals surface area contributed by atoms with E-state index in [0.29, 0.717) is 40.6 Å². The molecular formula is C56H57N13O13S. The van der Waals surface area contributed by atoms with Crippen molar-refractivity contribution in [3.05, 3.63) is 154 Å². The van der Waals surface area contributed by atoms with Crippen LogP contribution >= 0.6 is 11.8 Å². The Kier molecular flexibility index (Phi) is 21.7. The Morgan fingerprint density at radius 3 is 1.71 bits per heavy atom. The monoisotopic (exact) mass is 1150 g/mol. The SMILES string of the molecule is CCOC(=O)C1=C(O)/C(=C/c2ccc(OCCNC(=O)CNC(=O)CNC(=O)CNC(=O)c3cc(NC(=O)Nc4ccc(C5=NCCN5)cc4)cc(NC(=O)Nc4ccc(C5=NCCN5)cc4)c3)c(O)c2)SC1=Nc1ccccc1.O=CO. The van der Waals surface area contributed by atoms with Crippen molar-refractivity contribution in [3.63, 3.8) is 0 Å². The van der Waals surface area contributed by atoms with Crippen LogP contribution in [0.2, 0.25) is 0 Å². The molecule has 8 amide bonds. The highest BCUT2D eigenvalue weighted by Gasteiger charge is 2.33. The number of hydrogen-bond acceptors (Lipinski definition) is 18. The van der Waals surface area contributed by atoms with Crippen LogP contribution in [-0.4, -0.2) is 146 Å². The Bertz CT molecular complexity index is 3290. The summed E-state index contributed by atoms with van der Waals surface area (Å²) in [6, 6.07) is 30.3. The first-order valence-corrected chi connectivity index (χ1v) is 26.3. The van der Waals surface area contributed by atoms with E-state index in [9.17, 15) is 43.8 Å². The van der Waals surface area contributed by atoms with Gasteiger partial charge >= 0.3 is 18.0 Å². The fraction of sp³-hybridized carbons (Fsp3) is 0.196. The van der Waals surface area contributed by atoms with E-state index in [1.54, 1.807) is 91.9 Å². The van der Waals surface area contributed by atoms with Gasteiger partial charge in [-0.2, -0.15) is 0 Å². The van der Waals surface area contributed by atoms with E-state index in [-0.39, 0.29) is 71.0 Å². The van der Waals surface area contributed by atoms with Crippen molar-refractivity contribution in [2.45, 2.75) is 6.92 Å². The third-order valence-electron chi connectivity index (χ3n) is 11.5. The van der Waals surface area contributed by atoms with Gasteiger partial charge in [0.2, 0.25) is 17.7 Å². The van der Waals surface area contributed by atoms with Gasteiger partial charge in [0.25, 0.3) is 12.4 Å². The number of esters is 1. The lowest BCUT2D eigenvalue weighted by atomic mass is 10.1. The number of aromatic hydroxyl groups is 1. The third kappa shape index (κ3) is 18.2.